The summed E-state index contributed by atoms with van der Waals surface area (Å²) < 4.78 is 11.4. The predicted octanol–water partition coefficient (Wildman–Crippen LogP) is 5.39. The highest BCUT2D eigenvalue weighted by Gasteiger charge is 2.31. The molecule has 2 atom stereocenters. The number of nitrogens with two attached hydrogens (primary N) is 2. The maximum atomic E-state index is 13.9. The van der Waals surface area contributed by atoms with Crippen molar-refractivity contribution < 1.29 is 23.9 Å². The lowest BCUT2D eigenvalue weighted by atomic mass is 10.0. The van der Waals surface area contributed by atoms with Crippen molar-refractivity contribution in [2.45, 2.75) is 51.2 Å². The van der Waals surface area contributed by atoms with E-state index in [-0.39, 0.29) is 11.8 Å². The molecule has 0 aliphatic carbocycles. The van der Waals surface area contributed by atoms with Gasteiger partial charge >= 0.3 is 5.97 Å². The topological polar surface area (TPSA) is 137 Å². The molecule has 4 rings (SSSR count). The van der Waals surface area contributed by atoms with Gasteiger partial charge in [-0.2, -0.15) is 0 Å². The van der Waals surface area contributed by atoms with Crippen molar-refractivity contribution in [1.82, 2.24) is 0 Å². The highest BCUT2D eigenvalue weighted by Crippen LogP contribution is 2.38. The van der Waals surface area contributed by atoms with Crippen molar-refractivity contribution >= 4 is 40.8 Å². The normalized spacial score (nSPS) is 15.3. The quantitative estimate of drug-likeness (QED) is 0.212. The van der Waals surface area contributed by atoms with Gasteiger partial charge in [0.2, 0.25) is 0 Å². The summed E-state index contributed by atoms with van der Waals surface area (Å²) in [7, 11) is 1.48. The van der Waals surface area contributed by atoms with Crippen molar-refractivity contribution in [3.05, 3.63) is 87.9 Å². The van der Waals surface area contributed by atoms with Gasteiger partial charge in [0, 0.05) is 28.3 Å². The minimum absolute atomic E-state index is 0.265. The molecule has 1 aliphatic rings. The lowest BCUT2D eigenvalue weighted by molar-refractivity contribution is -0.151. The van der Waals surface area contributed by atoms with Crippen molar-refractivity contribution in [2.24, 2.45) is 11.5 Å². The largest absolute Gasteiger partial charge is 0.495 e. The van der Waals surface area contributed by atoms with Gasteiger partial charge in [0.25, 0.3) is 11.8 Å². The van der Waals surface area contributed by atoms with Gasteiger partial charge in [-0.15, -0.1) is 0 Å². The van der Waals surface area contributed by atoms with Crippen LogP contribution in [0.25, 0.3) is 0 Å². The molecule has 0 saturated heterocycles. The van der Waals surface area contributed by atoms with E-state index in [4.69, 9.17) is 32.5 Å². The zero-order valence-electron chi connectivity index (χ0n) is 23.9. The maximum Gasteiger partial charge on any atom is 0.323 e. The standard InChI is InChI=1S/C32H37ClN4O5/c1-20-8-3-4-9-23(20)30(38)36-26-14-12-21(18-29(26)41-2)31(39)37-17-7-11-28(24-19-22(33)13-15-27(24)37)42-32(40)25(35)10-5-6-16-34/h3-4,8-9,12-15,18-19,25,28H,5-7,10-11,16-17,34-35H2,1-2H3,(H,36,38)/t25-,28?/m0/s1. The third-order valence-corrected chi connectivity index (χ3v) is 7.57. The Balaban J connectivity index is 1.56. The number of carbonyl (C=O) groups is 3. The second kappa shape index (κ2) is 14.3. The molecule has 0 spiro atoms. The molecule has 10 heteroatoms. The van der Waals surface area contributed by atoms with Gasteiger partial charge in [-0.25, -0.2) is 0 Å². The molecule has 0 saturated carbocycles. The second-order valence-electron chi connectivity index (χ2n) is 10.3. The second-order valence-corrected chi connectivity index (χ2v) is 10.7. The number of esters is 1. The molecule has 5 N–H and O–H groups in total. The Kier molecular flexibility index (Phi) is 10.6. The van der Waals surface area contributed by atoms with Crippen LogP contribution in [0.1, 0.15) is 70.1 Å². The molecule has 9 nitrogen and oxygen atoms in total. The van der Waals surface area contributed by atoms with Crippen molar-refractivity contribution in [2.75, 3.05) is 30.4 Å². The van der Waals surface area contributed by atoms with E-state index in [2.05, 4.69) is 5.32 Å². The van der Waals surface area contributed by atoms with Crippen LogP contribution in [-0.2, 0) is 9.53 Å². The van der Waals surface area contributed by atoms with Gasteiger partial charge in [0.05, 0.1) is 18.5 Å². The number of amides is 2. The van der Waals surface area contributed by atoms with Crippen LogP contribution in [0, 0.1) is 6.92 Å². The molecular formula is C32H37ClN4O5. The minimum atomic E-state index is -0.752. The number of halogens is 1. The number of hydrogen-bond donors (Lipinski definition) is 3. The molecule has 2 amide bonds. The van der Waals surface area contributed by atoms with E-state index in [1.165, 1.54) is 7.11 Å². The summed E-state index contributed by atoms with van der Waals surface area (Å²) in [4.78, 5) is 41.2. The van der Waals surface area contributed by atoms with E-state index in [1.807, 2.05) is 19.1 Å². The highest BCUT2D eigenvalue weighted by atomic mass is 35.5. The van der Waals surface area contributed by atoms with Crippen LogP contribution in [0.2, 0.25) is 5.02 Å². The fraction of sp³-hybridized carbons (Fsp3) is 0.344. The van der Waals surface area contributed by atoms with Crippen LogP contribution in [0.15, 0.2) is 60.7 Å². The molecular weight excluding hydrogens is 556 g/mol. The molecule has 222 valence electrons. The predicted molar refractivity (Wildman–Crippen MR) is 164 cm³/mol. The summed E-state index contributed by atoms with van der Waals surface area (Å²) in [5, 5.41) is 3.34. The number of benzene rings is 3. The number of aryl methyl sites for hydroxylation is 1. The fourth-order valence-electron chi connectivity index (χ4n) is 5.03. The highest BCUT2D eigenvalue weighted by molar-refractivity contribution is 6.30. The first-order valence-electron chi connectivity index (χ1n) is 14.1. The number of nitrogens with zero attached hydrogens (tertiary/aromatic N) is 1. The van der Waals surface area contributed by atoms with Crippen LogP contribution < -0.4 is 26.4 Å². The Morgan fingerprint density at radius 1 is 1.10 bits per heavy atom. The first-order valence-corrected chi connectivity index (χ1v) is 14.4. The van der Waals surface area contributed by atoms with E-state index in [0.717, 1.165) is 18.4 Å². The zero-order chi connectivity index (χ0) is 30.2. The molecule has 0 fully saturated rings. The van der Waals surface area contributed by atoms with Crippen LogP contribution >= 0.6 is 11.6 Å². The SMILES string of the molecule is COc1cc(C(=O)N2CCCC(OC(=O)[C@@H](N)CCCCN)c3cc(Cl)ccc32)ccc1NC(=O)c1ccccc1C. The summed E-state index contributed by atoms with van der Waals surface area (Å²) in [6.07, 6.45) is 2.49. The van der Waals surface area contributed by atoms with Gasteiger partial charge in [-0.05, 0) is 87.2 Å². The number of ether oxygens (including phenoxy) is 2. The van der Waals surface area contributed by atoms with E-state index >= 15 is 0 Å². The monoisotopic (exact) mass is 592 g/mol. The number of fused-ring (bicyclic) bond motifs is 1. The van der Waals surface area contributed by atoms with E-state index in [1.54, 1.807) is 53.4 Å². The van der Waals surface area contributed by atoms with Crippen LogP contribution in [-0.4, -0.2) is 44.0 Å². The number of methoxy groups -OCH3 is 1. The molecule has 1 heterocycles. The van der Waals surface area contributed by atoms with Gasteiger partial charge in [0.1, 0.15) is 17.9 Å². The molecule has 0 radical (unpaired) electrons. The number of unbranched alkanes of at least 4 members (excludes halogenated alkanes) is 1. The molecule has 1 aliphatic heterocycles. The summed E-state index contributed by atoms with van der Waals surface area (Å²) in [5.41, 5.74) is 15.1. The molecule has 3 aromatic carbocycles. The average molecular weight is 593 g/mol. The Morgan fingerprint density at radius 3 is 2.62 bits per heavy atom. The summed E-state index contributed by atoms with van der Waals surface area (Å²) in [6, 6.07) is 16.6. The molecule has 3 aromatic rings. The number of carbonyl (C=O) groups excluding carboxylic acids is 3. The Hall–Kier alpha value is -3.92. The number of nitrogens with one attached hydrogen (secondary N) is 1. The van der Waals surface area contributed by atoms with Gasteiger partial charge in [-0.1, -0.05) is 36.2 Å². The summed E-state index contributed by atoms with van der Waals surface area (Å²) >= 11 is 6.34. The van der Waals surface area contributed by atoms with E-state index in [9.17, 15) is 14.4 Å². The molecule has 1 unspecified atom stereocenters. The third kappa shape index (κ3) is 7.28. The zero-order valence-corrected chi connectivity index (χ0v) is 24.7. The third-order valence-electron chi connectivity index (χ3n) is 7.34. The summed E-state index contributed by atoms with van der Waals surface area (Å²) in [6.45, 7) is 2.80. The van der Waals surface area contributed by atoms with Gasteiger partial charge in [0.15, 0.2) is 0 Å². The first-order chi connectivity index (χ1) is 20.2. The molecule has 0 bridgehead atoms. The Labute approximate surface area is 251 Å². The van der Waals surface area contributed by atoms with Gasteiger partial charge < -0.3 is 31.2 Å². The molecule has 42 heavy (non-hydrogen) atoms. The van der Waals surface area contributed by atoms with Crippen LogP contribution in [0.5, 0.6) is 5.75 Å². The number of anilines is 2. The number of hydrogen-bond acceptors (Lipinski definition) is 7. The average Bonchev–Trinajstić information content (AvgIpc) is 3.16. The van der Waals surface area contributed by atoms with E-state index in [0.29, 0.717) is 71.2 Å². The van der Waals surface area contributed by atoms with Crippen LogP contribution in [0.3, 0.4) is 0 Å². The molecule has 0 aromatic heterocycles. The smallest absolute Gasteiger partial charge is 0.323 e. The lowest BCUT2D eigenvalue weighted by Gasteiger charge is -2.25. The Morgan fingerprint density at radius 2 is 1.88 bits per heavy atom. The van der Waals surface area contributed by atoms with E-state index < -0.39 is 18.1 Å². The van der Waals surface area contributed by atoms with Gasteiger partial charge in [-0.3, -0.25) is 14.4 Å². The fourth-order valence-corrected chi connectivity index (χ4v) is 5.21. The van der Waals surface area contributed by atoms with Crippen molar-refractivity contribution in [3.63, 3.8) is 0 Å². The summed E-state index contributed by atoms with van der Waals surface area (Å²) in [5.74, 6) is -0.678. The minimum Gasteiger partial charge on any atom is -0.495 e. The van der Waals surface area contributed by atoms with Crippen LogP contribution in [0.4, 0.5) is 11.4 Å². The van der Waals surface area contributed by atoms with Crippen molar-refractivity contribution in [3.8, 4) is 5.75 Å². The lowest BCUT2D eigenvalue weighted by Crippen LogP contribution is -2.33. The maximum absolute atomic E-state index is 13.9. The number of rotatable bonds is 10. The Bertz CT molecular complexity index is 1450. The first kappa shape index (κ1) is 31.0. The van der Waals surface area contributed by atoms with Crippen molar-refractivity contribution in [1.29, 1.82) is 0 Å².